The lowest BCUT2D eigenvalue weighted by Crippen LogP contribution is -2.39. The summed E-state index contributed by atoms with van der Waals surface area (Å²) in [5.74, 6) is -0.359. The number of nitrogens with one attached hydrogen (secondary N) is 1. The highest BCUT2D eigenvalue weighted by Crippen LogP contribution is 2.19. The second-order valence-electron chi connectivity index (χ2n) is 4.23. The fraction of sp³-hybridized carbons (Fsp3) is 0.900. The molecule has 1 heterocycles. The summed E-state index contributed by atoms with van der Waals surface area (Å²) in [6.45, 7) is 1.35. The van der Waals surface area contributed by atoms with E-state index in [0.29, 0.717) is 0 Å². The van der Waals surface area contributed by atoms with Crippen LogP contribution in [0.25, 0.3) is 0 Å². The molecule has 1 aliphatic heterocycles. The van der Waals surface area contributed by atoms with Crippen LogP contribution in [0.4, 0.5) is 13.2 Å². The Morgan fingerprint density at radius 1 is 1.38 bits per heavy atom. The standard InChI is InChI=1S/C10H17F3N2O/c1-15-6-2-8(3-7-15)9(16)14-5-4-10(11,12)13/h8H,2-7H2,1H3,(H,14,16). The number of nitrogens with zero attached hydrogens (tertiary/aromatic N) is 1. The van der Waals surface area contributed by atoms with Crippen LogP contribution >= 0.6 is 0 Å². The second kappa shape index (κ2) is 5.52. The molecule has 0 aromatic carbocycles. The lowest BCUT2D eigenvalue weighted by atomic mass is 9.96. The molecular formula is C10H17F3N2O. The molecule has 0 unspecified atom stereocenters. The first-order valence-corrected chi connectivity index (χ1v) is 5.41. The van der Waals surface area contributed by atoms with Gasteiger partial charge in [0.2, 0.25) is 5.91 Å². The molecule has 1 saturated heterocycles. The second-order valence-corrected chi connectivity index (χ2v) is 4.23. The van der Waals surface area contributed by atoms with E-state index in [4.69, 9.17) is 0 Å². The highest BCUT2D eigenvalue weighted by Gasteiger charge is 2.28. The highest BCUT2D eigenvalue weighted by molar-refractivity contribution is 5.78. The van der Waals surface area contributed by atoms with Crippen LogP contribution in [0.5, 0.6) is 0 Å². The van der Waals surface area contributed by atoms with Gasteiger partial charge in [0.15, 0.2) is 0 Å². The van der Waals surface area contributed by atoms with Gasteiger partial charge in [-0.25, -0.2) is 0 Å². The number of halogens is 3. The minimum Gasteiger partial charge on any atom is -0.356 e. The van der Waals surface area contributed by atoms with Crippen LogP contribution in [0.1, 0.15) is 19.3 Å². The predicted octanol–water partition coefficient (Wildman–Crippen LogP) is 1.40. The average Bonchev–Trinajstić information content (AvgIpc) is 2.16. The monoisotopic (exact) mass is 238 g/mol. The predicted molar refractivity (Wildman–Crippen MR) is 53.9 cm³/mol. The van der Waals surface area contributed by atoms with E-state index in [-0.39, 0.29) is 18.4 Å². The summed E-state index contributed by atoms with van der Waals surface area (Å²) in [4.78, 5) is 13.6. The van der Waals surface area contributed by atoms with Crippen LogP contribution in [0.2, 0.25) is 0 Å². The highest BCUT2D eigenvalue weighted by atomic mass is 19.4. The molecule has 16 heavy (non-hydrogen) atoms. The molecule has 0 atom stereocenters. The van der Waals surface area contributed by atoms with Crippen molar-refractivity contribution in [1.29, 1.82) is 0 Å². The molecule has 1 N–H and O–H groups in total. The molecule has 1 aliphatic rings. The molecule has 0 spiro atoms. The van der Waals surface area contributed by atoms with Gasteiger partial charge in [-0.15, -0.1) is 0 Å². The molecule has 6 heteroatoms. The van der Waals surface area contributed by atoms with Crippen LogP contribution in [0.3, 0.4) is 0 Å². The van der Waals surface area contributed by atoms with Crippen LogP contribution in [-0.2, 0) is 4.79 Å². The van der Waals surface area contributed by atoms with Crippen LogP contribution < -0.4 is 5.32 Å². The minimum atomic E-state index is -4.19. The van der Waals surface area contributed by atoms with E-state index in [1.54, 1.807) is 0 Å². The van der Waals surface area contributed by atoms with Crippen molar-refractivity contribution in [1.82, 2.24) is 10.2 Å². The summed E-state index contributed by atoms with van der Waals surface area (Å²) in [6.07, 6.45) is -3.69. The smallest absolute Gasteiger partial charge is 0.356 e. The Balaban J connectivity index is 2.20. The van der Waals surface area contributed by atoms with Gasteiger partial charge in [0.1, 0.15) is 0 Å². The van der Waals surface area contributed by atoms with Gasteiger partial charge >= 0.3 is 6.18 Å². The van der Waals surface area contributed by atoms with Gasteiger partial charge in [-0.1, -0.05) is 0 Å². The zero-order chi connectivity index (χ0) is 12.2. The van der Waals surface area contributed by atoms with Gasteiger partial charge < -0.3 is 10.2 Å². The Kier molecular flexibility index (Phi) is 4.58. The summed E-state index contributed by atoms with van der Waals surface area (Å²) < 4.78 is 35.5. The third-order valence-corrected chi connectivity index (χ3v) is 2.80. The number of carbonyl (C=O) groups is 1. The molecule has 1 amide bonds. The molecule has 1 fully saturated rings. The van der Waals surface area contributed by atoms with Gasteiger partial charge in [0, 0.05) is 12.5 Å². The quantitative estimate of drug-likeness (QED) is 0.806. The van der Waals surface area contributed by atoms with E-state index in [1.807, 2.05) is 7.05 Å². The zero-order valence-electron chi connectivity index (χ0n) is 9.31. The van der Waals surface area contributed by atoms with Crippen molar-refractivity contribution >= 4 is 5.91 Å². The van der Waals surface area contributed by atoms with Gasteiger partial charge in [-0.05, 0) is 33.0 Å². The van der Waals surface area contributed by atoms with Crippen LogP contribution in [0, 0.1) is 5.92 Å². The molecule has 0 aromatic heterocycles. The van der Waals surface area contributed by atoms with Crippen molar-refractivity contribution in [3.8, 4) is 0 Å². The Labute approximate surface area is 93.0 Å². The largest absolute Gasteiger partial charge is 0.390 e. The summed E-state index contributed by atoms with van der Waals surface area (Å²) in [5, 5.41) is 2.35. The van der Waals surface area contributed by atoms with Gasteiger partial charge in [0.25, 0.3) is 0 Å². The number of amides is 1. The molecule has 94 valence electrons. The van der Waals surface area contributed by atoms with Crippen LogP contribution in [-0.4, -0.2) is 43.7 Å². The molecule has 0 aliphatic carbocycles. The number of carbonyl (C=O) groups excluding carboxylic acids is 1. The van der Waals surface area contributed by atoms with Crippen molar-refractivity contribution in [2.24, 2.45) is 5.92 Å². The third kappa shape index (κ3) is 4.83. The summed E-state index contributed by atoms with van der Waals surface area (Å²) in [5.41, 5.74) is 0. The summed E-state index contributed by atoms with van der Waals surface area (Å²) in [6, 6.07) is 0. The SMILES string of the molecule is CN1CCC(C(=O)NCCC(F)(F)F)CC1. The van der Waals surface area contributed by atoms with Gasteiger partial charge in [0.05, 0.1) is 6.42 Å². The van der Waals surface area contributed by atoms with E-state index in [9.17, 15) is 18.0 Å². The molecule has 0 bridgehead atoms. The fourth-order valence-corrected chi connectivity index (χ4v) is 1.74. The van der Waals surface area contributed by atoms with Crippen molar-refractivity contribution in [3.63, 3.8) is 0 Å². The third-order valence-electron chi connectivity index (χ3n) is 2.80. The first-order valence-electron chi connectivity index (χ1n) is 5.41. The Bertz CT molecular complexity index is 235. The molecule has 3 nitrogen and oxygen atoms in total. The molecule has 0 radical (unpaired) electrons. The number of hydrogen-bond donors (Lipinski definition) is 1. The van der Waals surface area contributed by atoms with E-state index < -0.39 is 12.6 Å². The maximum absolute atomic E-state index is 11.8. The number of hydrogen-bond acceptors (Lipinski definition) is 2. The normalized spacial score (nSPS) is 19.8. The van der Waals surface area contributed by atoms with Gasteiger partial charge in [-0.2, -0.15) is 13.2 Å². The number of rotatable bonds is 3. The van der Waals surface area contributed by atoms with Gasteiger partial charge in [-0.3, -0.25) is 4.79 Å². The van der Waals surface area contributed by atoms with E-state index in [0.717, 1.165) is 25.9 Å². The minimum absolute atomic E-state index is 0.121. The van der Waals surface area contributed by atoms with E-state index in [1.165, 1.54) is 0 Å². The average molecular weight is 238 g/mol. The Morgan fingerprint density at radius 2 is 1.94 bits per heavy atom. The Hall–Kier alpha value is -0.780. The maximum atomic E-state index is 11.8. The van der Waals surface area contributed by atoms with Crippen molar-refractivity contribution in [3.05, 3.63) is 0 Å². The number of likely N-dealkylation sites (tertiary alicyclic amines) is 1. The molecule has 0 saturated carbocycles. The maximum Gasteiger partial charge on any atom is 0.390 e. The van der Waals surface area contributed by atoms with Crippen molar-refractivity contribution in [2.45, 2.75) is 25.4 Å². The molecular weight excluding hydrogens is 221 g/mol. The molecule has 0 aromatic rings. The van der Waals surface area contributed by atoms with E-state index in [2.05, 4.69) is 10.2 Å². The zero-order valence-corrected chi connectivity index (χ0v) is 9.31. The first-order chi connectivity index (χ1) is 7.38. The lowest BCUT2D eigenvalue weighted by Gasteiger charge is -2.28. The summed E-state index contributed by atoms with van der Waals surface area (Å²) in [7, 11) is 1.97. The molecule has 1 rings (SSSR count). The van der Waals surface area contributed by atoms with Crippen molar-refractivity contribution < 1.29 is 18.0 Å². The fourth-order valence-electron chi connectivity index (χ4n) is 1.74. The topological polar surface area (TPSA) is 32.3 Å². The van der Waals surface area contributed by atoms with E-state index >= 15 is 0 Å². The summed E-state index contributed by atoms with van der Waals surface area (Å²) >= 11 is 0. The van der Waals surface area contributed by atoms with Crippen molar-refractivity contribution in [2.75, 3.05) is 26.7 Å². The van der Waals surface area contributed by atoms with Crippen LogP contribution in [0.15, 0.2) is 0 Å². The lowest BCUT2D eigenvalue weighted by molar-refractivity contribution is -0.136. The first kappa shape index (κ1) is 13.3. The Morgan fingerprint density at radius 3 is 2.44 bits per heavy atom. The number of alkyl halides is 3. The number of piperidine rings is 1.